The maximum absolute atomic E-state index is 13.3. The zero-order chi connectivity index (χ0) is 23.4. The Labute approximate surface area is 217 Å². The van der Waals surface area contributed by atoms with Crippen LogP contribution in [-0.4, -0.2) is 72.9 Å². The maximum Gasteiger partial charge on any atom is 0.262 e. The number of benzene rings is 1. The zero-order valence-corrected chi connectivity index (χ0v) is 22.1. The molecule has 1 aromatic carbocycles. The van der Waals surface area contributed by atoms with Gasteiger partial charge in [-0.05, 0) is 87.5 Å². The SMILES string of the molecule is Cl.[2H]CSC[C@H](NC(=O)c1cc2ccc(Cl)cc2s1)C(=O)N1CCC(C2CCN(C)CC2)CC1. The molecule has 1 N–H and O–H groups in total. The highest BCUT2D eigenvalue weighted by Crippen LogP contribution is 2.32. The van der Waals surface area contributed by atoms with E-state index in [1.807, 2.05) is 29.2 Å². The molecule has 2 aliphatic heterocycles. The second kappa shape index (κ2) is 12.1. The number of nitrogens with one attached hydrogen (secondary N) is 1. The summed E-state index contributed by atoms with van der Waals surface area (Å²) in [5.74, 6) is 1.63. The summed E-state index contributed by atoms with van der Waals surface area (Å²) in [5, 5.41) is 4.56. The summed E-state index contributed by atoms with van der Waals surface area (Å²) < 4.78 is 8.44. The number of carbonyl (C=O) groups is 2. The van der Waals surface area contributed by atoms with Gasteiger partial charge in [-0.3, -0.25) is 9.59 Å². The van der Waals surface area contributed by atoms with Crippen molar-refractivity contribution < 1.29 is 11.0 Å². The van der Waals surface area contributed by atoms with Crippen LogP contribution < -0.4 is 5.32 Å². The third-order valence-corrected chi connectivity index (χ3v) is 8.78. The van der Waals surface area contributed by atoms with E-state index in [1.54, 1.807) is 0 Å². The van der Waals surface area contributed by atoms with Gasteiger partial charge in [0.2, 0.25) is 5.91 Å². The Balaban J connectivity index is 0.00000324. The van der Waals surface area contributed by atoms with E-state index in [0.717, 1.165) is 41.9 Å². The molecule has 2 aliphatic rings. The van der Waals surface area contributed by atoms with Crippen molar-refractivity contribution in [2.75, 3.05) is 45.2 Å². The third-order valence-electron chi connectivity index (χ3n) is 6.88. The van der Waals surface area contributed by atoms with Crippen molar-refractivity contribution in [1.29, 1.82) is 0 Å². The van der Waals surface area contributed by atoms with E-state index in [0.29, 0.717) is 21.6 Å². The molecule has 1 atom stereocenters. The molecule has 33 heavy (non-hydrogen) atoms. The average Bonchev–Trinajstić information content (AvgIpc) is 3.25. The number of fused-ring (bicyclic) bond motifs is 1. The van der Waals surface area contributed by atoms with Gasteiger partial charge in [0.25, 0.3) is 5.91 Å². The van der Waals surface area contributed by atoms with Crippen LogP contribution in [0.3, 0.4) is 0 Å². The van der Waals surface area contributed by atoms with Gasteiger partial charge in [0.1, 0.15) is 6.04 Å². The number of nitrogens with zero attached hydrogens (tertiary/aromatic N) is 2. The molecular weight excluding hydrogens is 497 g/mol. The van der Waals surface area contributed by atoms with Gasteiger partial charge in [-0.1, -0.05) is 17.7 Å². The van der Waals surface area contributed by atoms with E-state index in [9.17, 15) is 9.59 Å². The fourth-order valence-corrected chi connectivity index (χ4v) is 6.65. The first kappa shape index (κ1) is 25.1. The van der Waals surface area contributed by atoms with Gasteiger partial charge < -0.3 is 15.1 Å². The van der Waals surface area contributed by atoms with Gasteiger partial charge in [-0.2, -0.15) is 11.8 Å². The van der Waals surface area contributed by atoms with Crippen molar-refractivity contribution in [3.63, 3.8) is 0 Å². The molecule has 0 saturated carbocycles. The predicted octanol–water partition coefficient (Wildman–Crippen LogP) is 5.02. The van der Waals surface area contributed by atoms with Crippen molar-refractivity contribution in [3.05, 3.63) is 34.2 Å². The Morgan fingerprint density at radius 1 is 1.18 bits per heavy atom. The molecule has 0 radical (unpaired) electrons. The summed E-state index contributed by atoms with van der Waals surface area (Å²) >= 11 is 8.82. The van der Waals surface area contributed by atoms with E-state index < -0.39 is 6.04 Å². The van der Waals surface area contributed by atoms with Crippen LogP contribution in [0.25, 0.3) is 10.1 Å². The molecule has 4 rings (SSSR count). The minimum absolute atomic E-state index is 0. The van der Waals surface area contributed by atoms with Crippen LogP contribution in [0.4, 0.5) is 0 Å². The molecule has 2 saturated heterocycles. The Kier molecular flexibility index (Phi) is 9.22. The van der Waals surface area contributed by atoms with Crippen LogP contribution in [0, 0.1) is 11.8 Å². The smallest absolute Gasteiger partial charge is 0.262 e. The first-order valence-corrected chi connectivity index (χ1v) is 13.6. The highest BCUT2D eigenvalue weighted by atomic mass is 35.5. The summed E-state index contributed by atoms with van der Waals surface area (Å²) in [5.41, 5.74) is 0. The van der Waals surface area contributed by atoms with Crippen LogP contribution in [0.2, 0.25) is 5.02 Å². The van der Waals surface area contributed by atoms with Crippen LogP contribution in [0.5, 0.6) is 0 Å². The molecule has 0 bridgehead atoms. The van der Waals surface area contributed by atoms with E-state index in [2.05, 4.69) is 17.3 Å². The predicted molar refractivity (Wildman–Crippen MR) is 143 cm³/mol. The van der Waals surface area contributed by atoms with Crippen molar-refractivity contribution in [3.8, 4) is 0 Å². The lowest BCUT2D eigenvalue weighted by Crippen LogP contribution is -2.52. The van der Waals surface area contributed by atoms with Gasteiger partial charge in [0.15, 0.2) is 0 Å². The van der Waals surface area contributed by atoms with Gasteiger partial charge in [0, 0.05) is 29.9 Å². The lowest BCUT2D eigenvalue weighted by molar-refractivity contribution is -0.134. The second-order valence-electron chi connectivity index (χ2n) is 8.99. The number of amides is 2. The van der Waals surface area contributed by atoms with Crippen LogP contribution in [0.15, 0.2) is 24.3 Å². The number of halogens is 2. The Morgan fingerprint density at radius 2 is 1.85 bits per heavy atom. The summed E-state index contributed by atoms with van der Waals surface area (Å²) in [6.07, 6.45) is 4.77. The van der Waals surface area contributed by atoms with E-state index in [-0.39, 0.29) is 30.5 Å². The fraction of sp³-hybridized carbons (Fsp3) is 0.583. The number of piperidine rings is 2. The molecule has 1 aromatic heterocycles. The molecular formula is C24H33Cl2N3O2S2. The molecule has 182 valence electrons. The minimum atomic E-state index is -0.610. The van der Waals surface area contributed by atoms with Gasteiger partial charge in [-0.15, -0.1) is 23.7 Å². The fourth-order valence-electron chi connectivity index (χ4n) is 4.95. The first-order valence-electron chi connectivity index (χ1n) is 12.0. The number of thiophene rings is 1. The molecule has 0 spiro atoms. The van der Waals surface area contributed by atoms with Crippen molar-refractivity contribution in [2.24, 2.45) is 11.8 Å². The van der Waals surface area contributed by atoms with E-state index in [4.69, 9.17) is 13.0 Å². The number of rotatable bonds is 6. The number of thioether (sulfide) groups is 1. The topological polar surface area (TPSA) is 52.7 Å². The summed E-state index contributed by atoms with van der Waals surface area (Å²) in [4.78, 5) is 31.2. The standard InChI is InChI=1S/C24H32ClN3O2S2.ClH/c1-27-9-5-16(6-10-27)17-7-11-28(12-8-17)24(30)20(15-31-2)26-23(29)22-13-18-3-4-19(25)14-21(18)32-22;/h3-4,13-14,16-17,20H,5-12,15H2,1-2H3,(H,26,29);1H/t20-;/m0./s1/i2D;. The van der Waals surface area contributed by atoms with Crippen LogP contribution in [0.1, 0.15) is 36.7 Å². The molecule has 0 unspecified atom stereocenters. The minimum Gasteiger partial charge on any atom is -0.341 e. The van der Waals surface area contributed by atoms with Gasteiger partial charge in [0.05, 0.1) is 4.88 Å². The maximum atomic E-state index is 13.3. The van der Waals surface area contributed by atoms with Crippen molar-refractivity contribution in [2.45, 2.75) is 31.7 Å². The molecule has 2 fully saturated rings. The molecule has 3 heterocycles. The Bertz CT molecular complexity index is 976. The first-order chi connectivity index (χ1) is 15.9. The number of hydrogen-bond donors (Lipinski definition) is 1. The van der Waals surface area contributed by atoms with E-state index in [1.165, 1.54) is 49.0 Å². The molecule has 0 aliphatic carbocycles. The molecule has 5 nitrogen and oxygen atoms in total. The normalized spacial score (nSPS) is 19.7. The van der Waals surface area contributed by atoms with Crippen LogP contribution in [-0.2, 0) is 4.79 Å². The third kappa shape index (κ3) is 6.57. The lowest BCUT2D eigenvalue weighted by Gasteiger charge is -2.40. The molecule has 9 heteroatoms. The number of likely N-dealkylation sites (tertiary alicyclic amines) is 2. The van der Waals surface area contributed by atoms with Crippen molar-refractivity contribution in [1.82, 2.24) is 15.1 Å². The Hall–Kier alpha value is -0.990. The molecule has 2 amide bonds. The lowest BCUT2D eigenvalue weighted by atomic mass is 9.79. The highest BCUT2D eigenvalue weighted by Gasteiger charge is 2.33. The second-order valence-corrected chi connectivity index (χ2v) is 11.3. The monoisotopic (exact) mass is 530 g/mol. The largest absolute Gasteiger partial charge is 0.341 e. The van der Waals surface area contributed by atoms with Crippen molar-refractivity contribution >= 4 is 69.0 Å². The highest BCUT2D eigenvalue weighted by molar-refractivity contribution is 7.98. The Morgan fingerprint density at radius 3 is 2.52 bits per heavy atom. The number of hydrogen-bond acceptors (Lipinski definition) is 5. The summed E-state index contributed by atoms with van der Waals surface area (Å²) in [6, 6.07) is 6.80. The summed E-state index contributed by atoms with van der Waals surface area (Å²) in [7, 11) is 2.19. The van der Waals surface area contributed by atoms with Crippen LogP contribution >= 0.6 is 47.1 Å². The average molecular weight is 532 g/mol. The van der Waals surface area contributed by atoms with Gasteiger partial charge >= 0.3 is 0 Å². The zero-order valence-electron chi connectivity index (χ0n) is 19.9. The van der Waals surface area contributed by atoms with Gasteiger partial charge in [-0.25, -0.2) is 0 Å². The molecule has 2 aromatic rings. The summed E-state index contributed by atoms with van der Waals surface area (Å²) in [6.45, 7) is 3.86. The number of carbonyl (C=O) groups excluding carboxylic acids is 2. The van der Waals surface area contributed by atoms with E-state index >= 15 is 0 Å². The quantitative estimate of drug-likeness (QED) is 0.569.